The molecule has 0 spiro atoms. The standard InChI is InChI=1S/C12H19N3O2/c1-9(16)10-5-6-11(13-7-10)15(4)8-12(17)14(2)3/h5-7,9,16H,8H2,1-4H3. The van der Waals surface area contributed by atoms with Crippen LogP contribution in [0.3, 0.4) is 0 Å². The Bertz CT molecular complexity index is 374. The molecule has 5 heteroatoms. The predicted octanol–water partition coefficient (Wildman–Crippen LogP) is 0.659. The maximum absolute atomic E-state index is 11.5. The fraction of sp³-hybridized carbons (Fsp3) is 0.500. The average Bonchev–Trinajstić information content (AvgIpc) is 2.28. The van der Waals surface area contributed by atoms with Crippen LogP contribution in [0.25, 0.3) is 0 Å². The summed E-state index contributed by atoms with van der Waals surface area (Å²) in [6.07, 6.45) is 1.10. The summed E-state index contributed by atoms with van der Waals surface area (Å²) in [5, 5.41) is 9.36. The molecule has 1 aromatic rings. The van der Waals surface area contributed by atoms with Crippen LogP contribution in [0.5, 0.6) is 0 Å². The number of likely N-dealkylation sites (N-methyl/N-ethyl adjacent to an activating group) is 2. The molecular weight excluding hydrogens is 218 g/mol. The summed E-state index contributed by atoms with van der Waals surface area (Å²) < 4.78 is 0. The Balaban J connectivity index is 2.70. The van der Waals surface area contributed by atoms with Gasteiger partial charge in [0.05, 0.1) is 12.6 Å². The second kappa shape index (κ2) is 5.63. The number of nitrogens with zero attached hydrogens (tertiary/aromatic N) is 3. The van der Waals surface area contributed by atoms with Crippen LogP contribution in [0.1, 0.15) is 18.6 Å². The van der Waals surface area contributed by atoms with Crippen LogP contribution in [0.15, 0.2) is 18.3 Å². The Morgan fingerprint density at radius 3 is 2.47 bits per heavy atom. The van der Waals surface area contributed by atoms with E-state index in [4.69, 9.17) is 0 Å². The van der Waals surface area contributed by atoms with Crippen LogP contribution in [-0.2, 0) is 4.79 Å². The molecule has 0 radical (unpaired) electrons. The molecule has 0 saturated carbocycles. The number of hydrogen-bond donors (Lipinski definition) is 1. The molecule has 0 aliphatic heterocycles. The van der Waals surface area contributed by atoms with E-state index in [2.05, 4.69) is 4.98 Å². The maximum Gasteiger partial charge on any atom is 0.241 e. The Kier molecular flexibility index (Phi) is 4.45. The fourth-order valence-corrected chi connectivity index (χ4v) is 1.30. The number of pyridine rings is 1. The largest absolute Gasteiger partial charge is 0.389 e. The molecule has 94 valence electrons. The van der Waals surface area contributed by atoms with Gasteiger partial charge in [-0.1, -0.05) is 6.07 Å². The van der Waals surface area contributed by atoms with Crippen LogP contribution in [0.4, 0.5) is 5.82 Å². The summed E-state index contributed by atoms with van der Waals surface area (Å²) in [5.41, 5.74) is 0.765. The second-order valence-corrected chi connectivity index (χ2v) is 4.27. The van der Waals surface area contributed by atoms with E-state index in [1.165, 1.54) is 0 Å². The first-order chi connectivity index (χ1) is 7.91. The van der Waals surface area contributed by atoms with Gasteiger partial charge in [0, 0.05) is 27.3 Å². The summed E-state index contributed by atoms with van der Waals surface area (Å²) in [6, 6.07) is 3.61. The Labute approximate surface area is 102 Å². The Morgan fingerprint density at radius 2 is 2.06 bits per heavy atom. The van der Waals surface area contributed by atoms with E-state index in [0.29, 0.717) is 5.82 Å². The van der Waals surface area contributed by atoms with Crippen molar-refractivity contribution in [2.24, 2.45) is 0 Å². The molecule has 0 aliphatic carbocycles. The van der Waals surface area contributed by atoms with Crippen molar-refractivity contribution in [3.8, 4) is 0 Å². The first-order valence-electron chi connectivity index (χ1n) is 5.47. The zero-order chi connectivity index (χ0) is 13.0. The summed E-state index contributed by atoms with van der Waals surface area (Å²) >= 11 is 0. The number of aromatic nitrogens is 1. The lowest BCUT2D eigenvalue weighted by molar-refractivity contribution is -0.127. The van der Waals surface area contributed by atoms with Gasteiger partial charge in [0.25, 0.3) is 0 Å². The number of anilines is 1. The van der Waals surface area contributed by atoms with Gasteiger partial charge in [-0.25, -0.2) is 4.98 Å². The lowest BCUT2D eigenvalue weighted by Crippen LogP contribution is -2.34. The van der Waals surface area contributed by atoms with Crippen molar-refractivity contribution >= 4 is 11.7 Å². The number of amides is 1. The number of rotatable bonds is 4. The number of hydrogen-bond acceptors (Lipinski definition) is 4. The minimum absolute atomic E-state index is 0.0221. The molecule has 1 unspecified atom stereocenters. The Hall–Kier alpha value is -1.62. The Morgan fingerprint density at radius 1 is 1.41 bits per heavy atom. The zero-order valence-electron chi connectivity index (χ0n) is 10.7. The number of aliphatic hydroxyl groups is 1. The predicted molar refractivity (Wildman–Crippen MR) is 66.8 cm³/mol. The molecule has 1 aromatic heterocycles. The number of aliphatic hydroxyl groups excluding tert-OH is 1. The summed E-state index contributed by atoms with van der Waals surface area (Å²) in [7, 11) is 5.26. The van der Waals surface area contributed by atoms with Gasteiger partial charge in [0.2, 0.25) is 5.91 Å². The summed E-state index contributed by atoms with van der Waals surface area (Å²) in [4.78, 5) is 19.0. The smallest absolute Gasteiger partial charge is 0.241 e. The summed E-state index contributed by atoms with van der Waals surface area (Å²) in [5.74, 6) is 0.735. The molecule has 1 N–H and O–H groups in total. The van der Waals surface area contributed by atoms with Crippen molar-refractivity contribution in [1.82, 2.24) is 9.88 Å². The van der Waals surface area contributed by atoms with Crippen molar-refractivity contribution in [3.63, 3.8) is 0 Å². The molecule has 1 atom stereocenters. The highest BCUT2D eigenvalue weighted by atomic mass is 16.3. The van der Waals surface area contributed by atoms with Crippen LogP contribution in [0.2, 0.25) is 0 Å². The molecule has 1 heterocycles. The SMILES string of the molecule is CC(O)c1ccc(N(C)CC(=O)N(C)C)nc1. The van der Waals surface area contributed by atoms with Gasteiger partial charge < -0.3 is 14.9 Å². The molecule has 1 rings (SSSR count). The van der Waals surface area contributed by atoms with Gasteiger partial charge >= 0.3 is 0 Å². The van der Waals surface area contributed by atoms with Crippen LogP contribution >= 0.6 is 0 Å². The topological polar surface area (TPSA) is 56.7 Å². The van der Waals surface area contributed by atoms with Crippen LogP contribution in [0, 0.1) is 0 Å². The third kappa shape index (κ3) is 3.71. The molecule has 0 bridgehead atoms. The van der Waals surface area contributed by atoms with E-state index in [1.807, 2.05) is 13.1 Å². The minimum Gasteiger partial charge on any atom is -0.389 e. The third-order valence-corrected chi connectivity index (χ3v) is 2.52. The zero-order valence-corrected chi connectivity index (χ0v) is 10.7. The van der Waals surface area contributed by atoms with Gasteiger partial charge in [-0.15, -0.1) is 0 Å². The molecule has 0 fully saturated rings. The highest BCUT2D eigenvalue weighted by molar-refractivity contribution is 5.80. The average molecular weight is 237 g/mol. The summed E-state index contributed by atoms with van der Waals surface area (Å²) in [6.45, 7) is 1.98. The van der Waals surface area contributed by atoms with Crippen molar-refractivity contribution in [2.75, 3.05) is 32.6 Å². The first-order valence-corrected chi connectivity index (χ1v) is 5.47. The lowest BCUT2D eigenvalue weighted by Gasteiger charge is -2.20. The van der Waals surface area contributed by atoms with Crippen molar-refractivity contribution in [2.45, 2.75) is 13.0 Å². The fourth-order valence-electron chi connectivity index (χ4n) is 1.30. The van der Waals surface area contributed by atoms with Gasteiger partial charge in [-0.2, -0.15) is 0 Å². The van der Waals surface area contributed by atoms with E-state index >= 15 is 0 Å². The first kappa shape index (κ1) is 13.4. The molecule has 5 nitrogen and oxygen atoms in total. The quantitative estimate of drug-likeness (QED) is 0.835. The van der Waals surface area contributed by atoms with Crippen molar-refractivity contribution in [3.05, 3.63) is 23.9 Å². The van der Waals surface area contributed by atoms with E-state index in [-0.39, 0.29) is 12.5 Å². The normalized spacial score (nSPS) is 12.1. The van der Waals surface area contributed by atoms with E-state index in [9.17, 15) is 9.90 Å². The molecule has 1 amide bonds. The van der Waals surface area contributed by atoms with E-state index in [0.717, 1.165) is 5.56 Å². The molecule has 0 aromatic carbocycles. The van der Waals surface area contributed by atoms with E-state index in [1.54, 1.807) is 43.1 Å². The van der Waals surface area contributed by atoms with Crippen LogP contribution < -0.4 is 4.90 Å². The minimum atomic E-state index is -0.523. The monoisotopic (exact) mass is 237 g/mol. The highest BCUT2D eigenvalue weighted by Crippen LogP contribution is 2.14. The number of carbonyl (C=O) groups is 1. The molecule has 0 saturated heterocycles. The van der Waals surface area contributed by atoms with Crippen LogP contribution in [-0.4, -0.2) is 48.6 Å². The second-order valence-electron chi connectivity index (χ2n) is 4.27. The highest BCUT2D eigenvalue weighted by Gasteiger charge is 2.10. The van der Waals surface area contributed by atoms with Gasteiger partial charge in [0.15, 0.2) is 0 Å². The third-order valence-electron chi connectivity index (χ3n) is 2.52. The van der Waals surface area contributed by atoms with E-state index < -0.39 is 6.10 Å². The maximum atomic E-state index is 11.5. The molecule has 17 heavy (non-hydrogen) atoms. The lowest BCUT2D eigenvalue weighted by atomic mass is 10.2. The molecular formula is C12H19N3O2. The van der Waals surface area contributed by atoms with Gasteiger partial charge in [-0.05, 0) is 18.6 Å². The molecule has 0 aliphatic rings. The van der Waals surface area contributed by atoms with Gasteiger partial charge in [-0.3, -0.25) is 4.79 Å². The van der Waals surface area contributed by atoms with Crippen molar-refractivity contribution in [1.29, 1.82) is 0 Å². The number of carbonyl (C=O) groups excluding carboxylic acids is 1. The van der Waals surface area contributed by atoms with Gasteiger partial charge in [0.1, 0.15) is 5.82 Å². The van der Waals surface area contributed by atoms with Crippen molar-refractivity contribution < 1.29 is 9.90 Å².